The molecule has 1 aromatic carbocycles. The first-order valence-electron chi connectivity index (χ1n) is 8.96. The molecule has 4 rings (SSSR count). The molecule has 0 bridgehead atoms. The number of carboxylic acids is 1. The molecule has 0 saturated heterocycles. The highest BCUT2D eigenvalue weighted by atomic mass is 32.1. The monoisotopic (exact) mass is 397 g/mol. The number of amides is 1. The number of carbonyl (C=O) groups is 2. The van der Waals surface area contributed by atoms with Gasteiger partial charge in [0.25, 0.3) is 0 Å². The van der Waals surface area contributed by atoms with E-state index in [-0.39, 0.29) is 28.3 Å². The molecular weight excluding hydrogens is 380 g/mol. The SMILES string of the molecule is [B]c1cc(C(N)=O)cc(F)c1OCc1c(C(=O)O)sc2c1=C(C1CC1)CCC=2. The van der Waals surface area contributed by atoms with Crippen molar-refractivity contribution in [3.05, 3.63) is 43.7 Å². The Labute approximate surface area is 165 Å². The Hall–Kier alpha value is -2.61. The number of rotatable bonds is 6. The molecule has 28 heavy (non-hydrogen) atoms. The van der Waals surface area contributed by atoms with Crippen LogP contribution in [0.1, 0.15) is 51.3 Å². The van der Waals surface area contributed by atoms with Crippen molar-refractivity contribution < 1.29 is 23.8 Å². The topological polar surface area (TPSA) is 89.6 Å². The number of carboxylic acid groups (broad SMARTS) is 1. The van der Waals surface area contributed by atoms with Crippen molar-refractivity contribution in [2.45, 2.75) is 32.3 Å². The number of hydrogen-bond acceptors (Lipinski definition) is 4. The lowest BCUT2D eigenvalue weighted by atomic mass is 9.92. The van der Waals surface area contributed by atoms with E-state index < -0.39 is 17.7 Å². The molecule has 0 aliphatic heterocycles. The van der Waals surface area contributed by atoms with Gasteiger partial charge in [0, 0.05) is 15.7 Å². The fraction of sp³-hybridized carbons (Fsp3) is 0.300. The van der Waals surface area contributed by atoms with Gasteiger partial charge in [0.15, 0.2) is 5.82 Å². The second-order valence-electron chi connectivity index (χ2n) is 7.03. The highest BCUT2D eigenvalue weighted by Gasteiger charge is 2.30. The maximum atomic E-state index is 14.4. The van der Waals surface area contributed by atoms with E-state index in [1.807, 2.05) is 0 Å². The average Bonchev–Trinajstić information content (AvgIpc) is 3.41. The summed E-state index contributed by atoms with van der Waals surface area (Å²) in [5.74, 6) is -2.35. The largest absolute Gasteiger partial charge is 0.486 e. The zero-order valence-corrected chi connectivity index (χ0v) is 15.8. The lowest BCUT2D eigenvalue weighted by molar-refractivity contribution is 0.0699. The lowest BCUT2D eigenvalue weighted by Gasteiger charge is -2.13. The van der Waals surface area contributed by atoms with Crippen LogP contribution in [0.3, 0.4) is 0 Å². The number of halogens is 1. The predicted molar refractivity (Wildman–Crippen MR) is 105 cm³/mol. The van der Waals surface area contributed by atoms with Gasteiger partial charge in [0.05, 0.1) is 0 Å². The van der Waals surface area contributed by atoms with Gasteiger partial charge >= 0.3 is 5.97 Å². The van der Waals surface area contributed by atoms with E-state index in [2.05, 4.69) is 6.08 Å². The van der Waals surface area contributed by atoms with Gasteiger partial charge in [-0.15, -0.1) is 11.3 Å². The van der Waals surface area contributed by atoms with Crippen LogP contribution in [0.15, 0.2) is 12.1 Å². The summed E-state index contributed by atoms with van der Waals surface area (Å²) in [5.41, 5.74) is 6.88. The van der Waals surface area contributed by atoms with E-state index >= 15 is 0 Å². The first-order chi connectivity index (χ1) is 13.4. The number of aromatic carboxylic acids is 1. The minimum atomic E-state index is -1.03. The third-order valence-corrected chi connectivity index (χ3v) is 6.30. The van der Waals surface area contributed by atoms with Crippen LogP contribution in [0.25, 0.3) is 11.6 Å². The van der Waals surface area contributed by atoms with Crippen molar-refractivity contribution in [1.29, 1.82) is 0 Å². The van der Waals surface area contributed by atoms with Crippen LogP contribution in [0.4, 0.5) is 4.39 Å². The quantitative estimate of drug-likeness (QED) is 0.717. The molecule has 1 amide bonds. The Bertz CT molecular complexity index is 1100. The summed E-state index contributed by atoms with van der Waals surface area (Å²) in [4.78, 5) is 23.2. The molecule has 2 aromatic rings. The summed E-state index contributed by atoms with van der Waals surface area (Å²) < 4.78 is 20.9. The summed E-state index contributed by atoms with van der Waals surface area (Å²) in [7, 11) is 5.82. The van der Waals surface area contributed by atoms with Crippen LogP contribution >= 0.6 is 11.3 Å². The Morgan fingerprint density at radius 2 is 2.11 bits per heavy atom. The van der Waals surface area contributed by atoms with Gasteiger partial charge in [-0.05, 0) is 42.9 Å². The average molecular weight is 397 g/mol. The van der Waals surface area contributed by atoms with Crippen molar-refractivity contribution >= 4 is 48.2 Å². The molecule has 0 atom stereocenters. The predicted octanol–water partition coefficient (Wildman–Crippen LogP) is 1.19. The number of primary amides is 1. The molecule has 5 nitrogen and oxygen atoms in total. The number of nitrogens with two attached hydrogens (primary N) is 1. The molecule has 142 valence electrons. The maximum Gasteiger partial charge on any atom is 0.346 e. The molecule has 1 aromatic heterocycles. The van der Waals surface area contributed by atoms with Gasteiger partial charge in [-0.2, -0.15) is 0 Å². The zero-order valence-electron chi connectivity index (χ0n) is 15.0. The number of benzene rings is 1. The van der Waals surface area contributed by atoms with Crippen LogP contribution in [0.5, 0.6) is 5.75 Å². The minimum absolute atomic E-state index is 0.0551. The summed E-state index contributed by atoms with van der Waals surface area (Å²) in [6.07, 6.45) is 6.09. The van der Waals surface area contributed by atoms with E-state index in [0.717, 1.165) is 41.5 Å². The summed E-state index contributed by atoms with van der Waals surface area (Å²) >= 11 is 1.23. The molecule has 2 radical (unpaired) electrons. The van der Waals surface area contributed by atoms with Crippen LogP contribution in [-0.2, 0) is 6.61 Å². The van der Waals surface area contributed by atoms with Crippen LogP contribution in [-0.4, -0.2) is 24.8 Å². The molecule has 8 heteroatoms. The van der Waals surface area contributed by atoms with Crippen molar-refractivity contribution in [3.63, 3.8) is 0 Å². The second-order valence-corrected chi connectivity index (χ2v) is 8.08. The number of hydrogen-bond donors (Lipinski definition) is 2. The number of carbonyl (C=O) groups excluding carboxylic acids is 1. The Balaban J connectivity index is 1.76. The van der Waals surface area contributed by atoms with Gasteiger partial charge in [0.2, 0.25) is 5.91 Å². The summed E-state index contributed by atoms with van der Waals surface area (Å²) in [6, 6.07) is 2.21. The molecule has 0 unspecified atom stereocenters. The molecule has 1 fully saturated rings. The first-order valence-corrected chi connectivity index (χ1v) is 9.78. The Kier molecular flexibility index (Phi) is 4.75. The van der Waals surface area contributed by atoms with Gasteiger partial charge in [-0.1, -0.05) is 23.2 Å². The Morgan fingerprint density at radius 1 is 1.36 bits per heavy atom. The molecule has 1 heterocycles. The van der Waals surface area contributed by atoms with E-state index in [0.29, 0.717) is 11.5 Å². The fourth-order valence-corrected chi connectivity index (χ4v) is 4.82. The van der Waals surface area contributed by atoms with E-state index in [1.165, 1.54) is 23.0 Å². The summed E-state index contributed by atoms with van der Waals surface area (Å²) in [6.45, 7) is -0.117. The Morgan fingerprint density at radius 3 is 2.71 bits per heavy atom. The van der Waals surface area contributed by atoms with Crippen LogP contribution in [0.2, 0.25) is 0 Å². The van der Waals surface area contributed by atoms with Gasteiger partial charge in [-0.3, -0.25) is 4.79 Å². The highest BCUT2D eigenvalue weighted by Crippen LogP contribution is 2.40. The normalized spacial score (nSPS) is 15.7. The van der Waals surface area contributed by atoms with Gasteiger partial charge in [-0.25, -0.2) is 9.18 Å². The van der Waals surface area contributed by atoms with E-state index in [4.69, 9.17) is 18.3 Å². The van der Waals surface area contributed by atoms with E-state index in [1.54, 1.807) is 0 Å². The standard InChI is InChI=1S/C20H17BFNO4S/c21-13-6-10(19(23)24)7-14(22)17(13)27-8-12-16-11(9-4-5-9)2-1-3-15(16)28-18(12)20(25)26/h3,6-7,9H,1-2,4-5,8H2,(H2,23,24)(H,25,26). The van der Waals surface area contributed by atoms with Crippen molar-refractivity contribution in [3.8, 4) is 5.75 Å². The first kappa shape index (κ1) is 18.7. The fourth-order valence-electron chi connectivity index (χ4n) is 3.67. The highest BCUT2D eigenvalue weighted by molar-refractivity contribution is 7.12. The number of ether oxygens (including phenoxy) is 1. The molecule has 2 aliphatic rings. The number of thiophene rings is 1. The van der Waals surface area contributed by atoms with Crippen molar-refractivity contribution in [1.82, 2.24) is 0 Å². The second kappa shape index (κ2) is 7.09. The smallest absolute Gasteiger partial charge is 0.346 e. The van der Waals surface area contributed by atoms with Crippen LogP contribution in [0, 0.1) is 11.7 Å². The van der Waals surface area contributed by atoms with Gasteiger partial charge < -0.3 is 15.6 Å². The van der Waals surface area contributed by atoms with Gasteiger partial charge in [0.1, 0.15) is 25.1 Å². The minimum Gasteiger partial charge on any atom is -0.486 e. The molecule has 1 saturated carbocycles. The van der Waals surface area contributed by atoms with Crippen LogP contribution < -0.4 is 25.7 Å². The molecular formula is C20H17BFNO4S. The van der Waals surface area contributed by atoms with E-state index in [9.17, 15) is 19.1 Å². The zero-order chi connectivity index (χ0) is 20.0. The third kappa shape index (κ3) is 3.33. The molecule has 0 spiro atoms. The van der Waals surface area contributed by atoms with Crippen molar-refractivity contribution in [2.24, 2.45) is 11.7 Å². The summed E-state index contributed by atoms with van der Waals surface area (Å²) in [5, 5.41) is 10.6. The maximum absolute atomic E-state index is 14.4. The number of fused-ring (bicyclic) bond motifs is 1. The molecule has 2 aliphatic carbocycles. The lowest BCUT2D eigenvalue weighted by Crippen LogP contribution is -2.30. The molecule has 3 N–H and O–H groups in total. The van der Waals surface area contributed by atoms with Crippen molar-refractivity contribution in [2.75, 3.05) is 0 Å². The third-order valence-electron chi connectivity index (χ3n) is 5.08.